The zero-order valence-corrected chi connectivity index (χ0v) is 15.0. The highest BCUT2D eigenvalue weighted by molar-refractivity contribution is 5.98. The van der Waals surface area contributed by atoms with Crippen LogP contribution in [0.1, 0.15) is 35.7 Å². The number of hydrogen-bond donors (Lipinski definition) is 2. The van der Waals surface area contributed by atoms with Crippen LogP contribution in [0.5, 0.6) is 0 Å². The van der Waals surface area contributed by atoms with Crippen LogP contribution in [0, 0.1) is 0 Å². The molecule has 28 heavy (non-hydrogen) atoms. The zero-order valence-electron chi connectivity index (χ0n) is 15.0. The maximum absolute atomic E-state index is 12.9. The van der Waals surface area contributed by atoms with Crippen LogP contribution in [-0.4, -0.2) is 24.0 Å². The lowest BCUT2D eigenvalue weighted by atomic mass is 10.1. The third-order valence-corrected chi connectivity index (χ3v) is 4.19. The van der Waals surface area contributed by atoms with Crippen molar-refractivity contribution in [1.82, 2.24) is 5.32 Å². The van der Waals surface area contributed by atoms with Gasteiger partial charge in [0, 0.05) is 11.7 Å². The van der Waals surface area contributed by atoms with Crippen molar-refractivity contribution in [3.8, 4) is 0 Å². The second-order valence-electron chi connectivity index (χ2n) is 6.58. The highest BCUT2D eigenvalue weighted by Crippen LogP contribution is 2.32. The second-order valence-corrected chi connectivity index (χ2v) is 6.58. The third kappa shape index (κ3) is 5.03. The quantitative estimate of drug-likeness (QED) is 0.721. The van der Waals surface area contributed by atoms with Gasteiger partial charge in [-0.05, 0) is 50.1 Å². The maximum atomic E-state index is 12.9. The van der Waals surface area contributed by atoms with Crippen molar-refractivity contribution in [1.29, 1.82) is 0 Å². The topological polar surface area (TPSA) is 67.4 Å². The number of para-hydroxylation sites is 1. The largest absolute Gasteiger partial charge is 0.449 e. The first kappa shape index (κ1) is 19.7. The average molecular weight is 392 g/mol. The molecule has 1 amide bonds. The normalized spacial score (nSPS) is 14.9. The van der Waals surface area contributed by atoms with Crippen molar-refractivity contribution in [2.45, 2.75) is 38.1 Å². The SMILES string of the molecule is C[C@H](OC(=O)c1ccccc1Nc1cccc(C(F)(F)F)c1)C(=O)NC1CC1. The molecule has 3 rings (SSSR count). The van der Waals surface area contributed by atoms with Gasteiger partial charge in [0.15, 0.2) is 6.10 Å². The summed E-state index contributed by atoms with van der Waals surface area (Å²) < 4.78 is 43.9. The van der Waals surface area contributed by atoms with E-state index < -0.39 is 23.8 Å². The van der Waals surface area contributed by atoms with Gasteiger partial charge in [-0.1, -0.05) is 18.2 Å². The lowest BCUT2D eigenvalue weighted by Gasteiger charge is -2.16. The number of hydrogen-bond acceptors (Lipinski definition) is 4. The molecule has 1 atom stereocenters. The summed E-state index contributed by atoms with van der Waals surface area (Å²) >= 11 is 0. The minimum absolute atomic E-state index is 0.117. The van der Waals surface area contributed by atoms with E-state index in [1.54, 1.807) is 18.2 Å². The van der Waals surface area contributed by atoms with E-state index in [-0.39, 0.29) is 28.9 Å². The molecule has 1 aliphatic rings. The maximum Gasteiger partial charge on any atom is 0.416 e. The first-order valence-corrected chi connectivity index (χ1v) is 8.78. The summed E-state index contributed by atoms with van der Waals surface area (Å²) in [5.74, 6) is -1.12. The van der Waals surface area contributed by atoms with E-state index in [1.165, 1.54) is 25.1 Å². The van der Waals surface area contributed by atoms with Crippen molar-refractivity contribution >= 4 is 23.3 Å². The van der Waals surface area contributed by atoms with E-state index in [1.807, 2.05) is 0 Å². The van der Waals surface area contributed by atoms with Gasteiger partial charge in [0.1, 0.15) is 0 Å². The van der Waals surface area contributed by atoms with E-state index >= 15 is 0 Å². The molecular weight excluding hydrogens is 373 g/mol. The molecule has 1 saturated carbocycles. The Morgan fingerprint density at radius 2 is 1.82 bits per heavy atom. The highest BCUT2D eigenvalue weighted by atomic mass is 19.4. The number of alkyl halides is 3. The number of ether oxygens (including phenoxy) is 1. The number of anilines is 2. The molecule has 2 aromatic rings. The third-order valence-electron chi connectivity index (χ3n) is 4.19. The predicted octanol–water partition coefficient (Wildman–Crippen LogP) is 4.27. The number of rotatable bonds is 6. The highest BCUT2D eigenvalue weighted by Gasteiger charge is 2.31. The molecule has 1 aliphatic carbocycles. The Labute approximate surface area is 159 Å². The molecule has 2 aromatic carbocycles. The number of halogens is 3. The summed E-state index contributed by atoms with van der Waals surface area (Å²) in [5.41, 5.74) is -0.231. The number of carbonyl (C=O) groups excluding carboxylic acids is 2. The van der Waals surface area contributed by atoms with Crippen molar-refractivity contribution in [2.75, 3.05) is 5.32 Å². The summed E-state index contributed by atoms with van der Waals surface area (Å²) in [6.45, 7) is 1.47. The van der Waals surface area contributed by atoms with Gasteiger partial charge in [0.05, 0.1) is 16.8 Å². The Balaban J connectivity index is 1.73. The summed E-state index contributed by atoms with van der Waals surface area (Å²) in [7, 11) is 0. The van der Waals surface area contributed by atoms with Gasteiger partial charge >= 0.3 is 12.1 Å². The minimum Gasteiger partial charge on any atom is -0.449 e. The molecule has 2 N–H and O–H groups in total. The minimum atomic E-state index is -4.47. The number of benzene rings is 2. The van der Waals surface area contributed by atoms with Crippen molar-refractivity contribution < 1.29 is 27.5 Å². The average Bonchev–Trinajstić information content (AvgIpc) is 3.45. The van der Waals surface area contributed by atoms with Gasteiger partial charge in [0.25, 0.3) is 5.91 Å². The van der Waals surface area contributed by atoms with Crippen LogP contribution in [0.4, 0.5) is 24.5 Å². The molecule has 0 unspecified atom stereocenters. The van der Waals surface area contributed by atoms with Crippen LogP contribution in [0.2, 0.25) is 0 Å². The standard InChI is InChI=1S/C20H19F3N2O3/c1-12(18(26)25-14-9-10-14)28-19(27)16-7-2-3-8-17(16)24-15-6-4-5-13(11-15)20(21,22)23/h2-8,11-12,14,24H,9-10H2,1H3,(H,25,26)/t12-/m0/s1. The molecule has 1 fully saturated rings. The van der Waals surface area contributed by atoms with Crippen LogP contribution < -0.4 is 10.6 Å². The summed E-state index contributed by atoms with van der Waals surface area (Å²) in [6.07, 6.45) is -3.62. The molecule has 0 bridgehead atoms. The van der Waals surface area contributed by atoms with Crippen molar-refractivity contribution in [3.63, 3.8) is 0 Å². The van der Waals surface area contributed by atoms with E-state index in [0.29, 0.717) is 0 Å². The molecule has 0 aromatic heterocycles. The van der Waals surface area contributed by atoms with Crippen molar-refractivity contribution in [2.24, 2.45) is 0 Å². The van der Waals surface area contributed by atoms with Crippen LogP contribution >= 0.6 is 0 Å². The molecule has 0 spiro atoms. The van der Waals surface area contributed by atoms with E-state index in [2.05, 4.69) is 10.6 Å². The van der Waals surface area contributed by atoms with Gasteiger partial charge in [0.2, 0.25) is 0 Å². The predicted molar refractivity (Wildman–Crippen MR) is 97.2 cm³/mol. The molecule has 8 heteroatoms. The lowest BCUT2D eigenvalue weighted by molar-refractivity contribution is -0.137. The summed E-state index contributed by atoms with van der Waals surface area (Å²) in [5, 5.41) is 5.56. The van der Waals surface area contributed by atoms with Crippen LogP contribution in [0.15, 0.2) is 48.5 Å². The number of esters is 1. The van der Waals surface area contributed by atoms with E-state index in [0.717, 1.165) is 25.0 Å². The van der Waals surface area contributed by atoms with E-state index in [9.17, 15) is 22.8 Å². The first-order chi connectivity index (χ1) is 13.2. The van der Waals surface area contributed by atoms with E-state index in [4.69, 9.17) is 4.74 Å². The Bertz CT molecular complexity index is 879. The fraction of sp³-hybridized carbons (Fsp3) is 0.300. The second kappa shape index (κ2) is 7.92. The molecule has 0 heterocycles. The number of carbonyl (C=O) groups is 2. The number of nitrogens with one attached hydrogen (secondary N) is 2. The van der Waals surface area contributed by atoms with Gasteiger partial charge in [-0.25, -0.2) is 4.79 Å². The molecule has 0 radical (unpaired) electrons. The Morgan fingerprint density at radius 1 is 1.11 bits per heavy atom. The van der Waals surface area contributed by atoms with Gasteiger partial charge < -0.3 is 15.4 Å². The summed E-state index contributed by atoms with van der Waals surface area (Å²) in [6, 6.07) is 11.1. The fourth-order valence-corrected chi connectivity index (χ4v) is 2.52. The first-order valence-electron chi connectivity index (χ1n) is 8.78. The fourth-order valence-electron chi connectivity index (χ4n) is 2.52. The smallest absolute Gasteiger partial charge is 0.416 e. The van der Waals surface area contributed by atoms with Crippen LogP contribution in [0.3, 0.4) is 0 Å². The van der Waals surface area contributed by atoms with Gasteiger partial charge in [-0.3, -0.25) is 4.79 Å². The van der Waals surface area contributed by atoms with Crippen molar-refractivity contribution in [3.05, 3.63) is 59.7 Å². The monoisotopic (exact) mass is 392 g/mol. The summed E-state index contributed by atoms with van der Waals surface area (Å²) in [4.78, 5) is 24.4. The van der Waals surface area contributed by atoms with Gasteiger partial charge in [-0.2, -0.15) is 13.2 Å². The van der Waals surface area contributed by atoms with Crippen LogP contribution in [-0.2, 0) is 15.7 Å². The molecule has 0 saturated heterocycles. The Kier molecular flexibility index (Phi) is 5.58. The molecule has 148 valence electrons. The number of amides is 1. The lowest BCUT2D eigenvalue weighted by Crippen LogP contribution is -2.37. The zero-order chi connectivity index (χ0) is 20.3. The van der Waals surface area contributed by atoms with Gasteiger partial charge in [-0.15, -0.1) is 0 Å². The molecular formula is C20H19F3N2O3. The Hall–Kier alpha value is -3.03. The molecule has 5 nitrogen and oxygen atoms in total. The Morgan fingerprint density at radius 3 is 2.50 bits per heavy atom. The van der Waals surface area contributed by atoms with Crippen LogP contribution in [0.25, 0.3) is 0 Å². The molecule has 0 aliphatic heterocycles.